The van der Waals surface area contributed by atoms with Crippen molar-refractivity contribution in [2.45, 2.75) is 38.8 Å². The number of rotatable bonds is 8. The van der Waals surface area contributed by atoms with E-state index in [2.05, 4.69) is 45.1 Å². The van der Waals surface area contributed by atoms with Crippen LogP contribution in [0.25, 0.3) is 11.3 Å². The fraction of sp³-hybridized carbons (Fsp3) is 0.222. The monoisotopic (exact) mass is 556 g/mol. The Kier molecular flexibility index (Phi) is 8.15. The second-order valence-electron chi connectivity index (χ2n) is 11.1. The van der Waals surface area contributed by atoms with Crippen LogP contribution in [-0.4, -0.2) is 29.8 Å². The molecule has 3 N–H and O–H groups in total. The summed E-state index contributed by atoms with van der Waals surface area (Å²) < 4.78 is 0. The molecule has 1 fully saturated rings. The number of fused-ring (bicyclic) bond motifs is 1. The minimum absolute atomic E-state index is 0.142. The molecular weight excluding hydrogens is 520 g/mol. The van der Waals surface area contributed by atoms with E-state index in [1.54, 1.807) is 12.1 Å². The van der Waals surface area contributed by atoms with Gasteiger partial charge in [-0.1, -0.05) is 85.3 Å². The van der Waals surface area contributed by atoms with Crippen LogP contribution in [-0.2, 0) is 11.3 Å². The highest BCUT2D eigenvalue weighted by Crippen LogP contribution is 2.38. The molecule has 2 amide bonds. The Morgan fingerprint density at radius 3 is 2.24 bits per heavy atom. The number of benzene rings is 4. The fourth-order valence-electron chi connectivity index (χ4n) is 5.76. The first-order valence-electron chi connectivity index (χ1n) is 14.7. The molecule has 0 unspecified atom stereocenters. The molecule has 4 aromatic carbocycles. The molecule has 0 bridgehead atoms. The first-order chi connectivity index (χ1) is 20.5. The third kappa shape index (κ3) is 6.14. The third-order valence-electron chi connectivity index (χ3n) is 8.06. The van der Waals surface area contributed by atoms with Crippen molar-refractivity contribution in [1.29, 1.82) is 0 Å². The molecule has 0 radical (unpaired) electrons. The van der Waals surface area contributed by atoms with Gasteiger partial charge >= 0.3 is 0 Å². The van der Waals surface area contributed by atoms with Crippen molar-refractivity contribution < 1.29 is 9.59 Å². The molecule has 4 aromatic rings. The molecule has 6 heteroatoms. The van der Waals surface area contributed by atoms with Gasteiger partial charge in [0.1, 0.15) is 0 Å². The van der Waals surface area contributed by atoms with Crippen LogP contribution in [0.2, 0.25) is 0 Å². The molecule has 42 heavy (non-hydrogen) atoms. The van der Waals surface area contributed by atoms with Crippen LogP contribution in [0.5, 0.6) is 0 Å². The van der Waals surface area contributed by atoms with Gasteiger partial charge in [0.2, 0.25) is 0 Å². The normalized spacial score (nSPS) is 16.7. The number of carbonyl (C=O) groups is 2. The Hall–Kier alpha value is -4.68. The van der Waals surface area contributed by atoms with Crippen LogP contribution in [0.4, 0.5) is 11.4 Å². The molecule has 0 spiro atoms. The van der Waals surface area contributed by atoms with E-state index >= 15 is 0 Å². The smallest absolute Gasteiger partial charge is 0.258 e. The lowest BCUT2D eigenvalue weighted by molar-refractivity contribution is -0.110. The van der Waals surface area contributed by atoms with Crippen molar-refractivity contribution in [2.24, 2.45) is 0 Å². The number of hydrogen-bond acceptors (Lipinski definition) is 4. The Morgan fingerprint density at radius 1 is 0.833 bits per heavy atom. The van der Waals surface area contributed by atoms with Crippen LogP contribution in [0.1, 0.15) is 64.8 Å². The summed E-state index contributed by atoms with van der Waals surface area (Å²) in [5.41, 5.74) is 7.31. The van der Waals surface area contributed by atoms with Crippen molar-refractivity contribution in [1.82, 2.24) is 10.2 Å². The molecule has 6 nitrogen and oxygen atoms in total. The molecule has 1 saturated heterocycles. The molecule has 0 aromatic heterocycles. The van der Waals surface area contributed by atoms with E-state index in [1.807, 2.05) is 73.7 Å². The Labute approximate surface area is 247 Å². The average molecular weight is 557 g/mol. The summed E-state index contributed by atoms with van der Waals surface area (Å²) in [5.74, 6) is -0.389. The minimum Gasteiger partial charge on any atom is -0.354 e. The molecule has 1 atom stereocenters. The first-order valence-corrected chi connectivity index (χ1v) is 14.7. The lowest BCUT2D eigenvalue weighted by Gasteiger charge is -2.26. The fourth-order valence-corrected chi connectivity index (χ4v) is 5.76. The Bertz CT molecular complexity index is 1590. The summed E-state index contributed by atoms with van der Waals surface area (Å²) in [6.45, 7) is 5.24. The second kappa shape index (κ2) is 12.5. The number of piperidine rings is 1. The summed E-state index contributed by atoms with van der Waals surface area (Å²) >= 11 is 0. The van der Waals surface area contributed by atoms with Gasteiger partial charge in [-0.2, -0.15) is 0 Å². The maximum Gasteiger partial charge on any atom is 0.258 e. The molecule has 0 saturated carbocycles. The zero-order valence-corrected chi connectivity index (χ0v) is 23.9. The number of hydrogen-bond donors (Lipinski definition) is 3. The number of nitrogens with one attached hydrogen (secondary N) is 3. The van der Waals surface area contributed by atoms with Crippen molar-refractivity contribution in [3.63, 3.8) is 0 Å². The zero-order chi connectivity index (χ0) is 28.9. The Balaban J connectivity index is 1.27. The maximum atomic E-state index is 13.4. The van der Waals surface area contributed by atoms with Crippen molar-refractivity contribution in [2.75, 3.05) is 23.7 Å². The summed E-state index contributed by atoms with van der Waals surface area (Å²) in [6, 6.07) is 33.5. The molecule has 2 aliphatic rings. The predicted octanol–water partition coefficient (Wildman–Crippen LogP) is 7.10. The maximum absolute atomic E-state index is 13.4. The highest BCUT2D eigenvalue weighted by Gasteiger charge is 2.29. The zero-order valence-electron chi connectivity index (χ0n) is 23.9. The van der Waals surface area contributed by atoms with Crippen LogP contribution in [0.15, 0.2) is 103 Å². The van der Waals surface area contributed by atoms with Gasteiger partial charge in [0.25, 0.3) is 11.8 Å². The molecule has 0 aliphatic carbocycles. The van der Waals surface area contributed by atoms with E-state index < -0.39 is 0 Å². The van der Waals surface area contributed by atoms with Crippen LogP contribution < -0.4 is 16.0 Å². The number of nitrogens with zero attached hydrogens (tertiary/aromatic N) is 1. The van der Waals surface area contributed by atoms with Gasteiger partial charge in [0, 0.05) is 29.0 Å². The summed E-state index contributed by atoms with van der Waals surface area (Å²) in [7, 11) is 0. The number of anilines is 2. The predicted molar refractivity (Wildman–Crippen MR) is 170 cm³/mol. The van der Waals surface area contributed by atoms with E-state index in [0.717, 1.165) is 47.7 Å². The lowest BCUT2D eigenvalue weighted by Crippen LogP contribution is -2.29. The Morgan fingerprint density at radius 2 is 1.52 bits per heavy atom. The van der Waals surface area contributed by atoms with E-state index in [0.29, 0.717) is 16.8 Å². The largest absolute Gasteiger partial charge is 0.354 e. The molecule has 6 rings (SSSR count). The lowest BCUT2D eigenvalue weighted by atomic mass is 9.98. The summed E-state index contributed by atoms with van der Waals surface area (Å²) in [4.78, 5) is 29.0. The number of amides is 2. The van der Waals surface area contributed by atoms with Crippen molar-refractivity contribution >= 4 is 34.5 Å². The summed E-state index contributed by atoms with van der Waals surface area (Å²) in [6.07, 6.45) is 3.88. The van der Waals surface area contributed by atoms with Crippen molar-refractivity contribution in [3.8, 4) is 0 Å². The molecule has 2 aliphatic heterocycles. The molecule has 2 heterocycles. The van der Waals surface area contributed by atoms with Gasteiger partial charge < -0.3 is 16.0 Å². The molecular formula is C36H36N4O2. The highest BCUT2D eigenvalue weighted by molar-refractivity contribution is 6.37. The van der Waals surface area contributed by atoms with E-state index in [4.69, 9.17) is 0 Å². The van der Waals surface area contributed by atoms with Crippen LogP contribution in [0.3, 0.4) is 0 Å². The third-order valence-corrected chi connectivity index (χ3v) is 8.06. The van der Waals surface area contributed by atoms with Gasteiger partial charge in [0.15, 0.2) is 0 Å². The van der Waals surface area contributed by atoms with Gasteiger partial charge in [0.05, 0.1) is 17.3 Å². The van der Waals surface area contributed by atoms with Crippen molar-refractivity contribution in [3.05, 3.63) is 131 Å². The van der Waals surface area contributed by atoms with E-state index in [-0.39, 0.29) is 17.9 Å². The second-order valence-corrected chi connectivity index (χ2v) is 11.1. The van der Waals surface area contributed by atoms with Crippen LogP contribution >= 0.6 is 0 Å². The minimum atomic E-state index is -0.201. The highest BCUT2D eigenvalue weighted by atomic mass is 16.2. The number of carbonyl (C=O) groups excluding carboxylic acids is 2. The van der Waals surface area contributed by atoms with E-state index in [9.17, 15) is 9.59 Å². The number of likely N-dealkylation sites (tertiary alicyclic amines) is 1. The SMILES string of the molecule is C[C@@H](NC(=O)c1ccc2c(c1)NC(=O)C2=C(Nc1ccc(CN2CCCCC2)cc1)c1ccccc1)c1ccccc1. The van der Waals surface area contributed by atoms with Crippen LogP contribution in [0, 0.1) is 0 Å². The van der Waals surface area contributed by atoms with Gasteiger partial charge in [-0.3, -0.25) is 14.5 Å². The topological polar surface area (TPSA) is 73.5 Å². The first kappa shape index (κ1) is 27.5. The summed E-state index contributed by atoms with van der Waals surface area (Å²) in [5, 5.41) is 9.60. The molecule has 212 valence electrons. The van der Waals surface area contributed by atoms with E-state index in [1.165, 1.54) is 24.8 Å². The standard InChI is InChI=1S/C36H36N4O2/c1-25(27-11-5-2-6-12-27)37-35(41)29-17-20-31-32(23-29)39-36(42)33(31)34(28-13-7-3-8-14-28)38-30-18-15-26(16-19-30)24-40-21-9-4-10-22-40/h2-3,5-8,11-20,23,25,38H,4,9-10,21-22,24H2,1H3,(H,37,41)(H,39,42)/t25-/m1/s1. The van der Waals surface area contributed by atoms with Gasteiger partial charge in [-0.25, -0.2) is 0 Å². The van der Waals surface area contributed by atoms with Gasteiger partial charge in [-0.05, 0) is 73.8 Å². The average Bonchev–Trinajstić information content (AvgIpc) is 3.36. The van der Waals surface area contributed by atoms with Gasteiger partial charge in [-0.15, -0.1) is 0 Å². The quantitative estimate of drug-likeness (QED) is 0.203.